The molecule has 2 aromatic rings. The molecule has 0 heterocycles. The molecule has 20 heavy (non-hydrogen) atoms. The van der Waals surface area contributed by atoms with Crippen molar-refractivity contribution in [1.29, 1.82) is 10.5 Å². The van der Waals surface area contributed by atoms with Crippen LogP contribution >= 0.6 is 0 Å². The van der Waals surface area contributed by atoms with Gasteiger partial charge in [0.15, 0.2) is 0 Å². The highest BCUT2D eigenvalue weighted by Gasteiger charge is 2.17. The van der Waals surface area contributed by atoms with Crippen molar-refractivity contribution in [2.24, 2.45) is 0 Å². The first-order valence-electron chi connectivity index (χ1n) is 5.51. The lowest BCUT2D eigenvalue weighted by molar-refractivity contribution is -0.385. The van der Waals surface area contributed by atoms with Gasteiger partial charge in [-0.25, -0.2) is 0 Å². The maximum absolute atomic E-state index is 11.0. The van der Waals surface area contributed by atoms with Crippen LogP contribution in [-0.4, -0.2) is 4.92 Å². The molecule has 2 aromatic carbocycles. The lowest BCUT2D eigenvalue weighted by atomic mass is 10.2. The monoisotopic (exact) mass is 265 g/mol. The lowest BCUT2D eigenvalue weighted by Crippen LogP contribution is -1.95. The number of nitro benzene ring substituents is 1. The van der Waals surface area contributed by atoms with Crippen LogP contribution in [0.15, 0.2) is 42.5 Å². The van der Waals surface area contributed by atoms with E-state index in [9.17, 15) is 10.1 Å². The fraction of sp³-hybridized carbons (Fsp3) is 0. The zero-order chi connectivity index (χ0) is 14.5. The third-order valence-electron chi connectivity index (χ3n) is 2.51. The van der Waals surface area contributed by atoms with Gasteiger partial charge in [0.1, 0.15) is 11.8 Å². The SMILES string of the molecule is N#Cc1ccc(Oc2ccccc2C#N)c([N+](=O)[O-])c1. The van der Waals surface area contributed by atoms with Crippen molar-refractivity contribution in [3.8, 4) is 23.6 Å². The van der Waals surface area contributed by atoms with Gasteiger partial charge in [0.2, 0.25) is 5.75 Å². The molecule has 0 aromatic heterocycles. The van der Waals surface area contributed by atoms with Crippen molar-refractivity contribution < 1.29 is 9.66 Å². The Morgan fingerprint density at radius 3 is 2.45 bits per heavy atom. The molecule has 0 saturated carbocycles. The van der Waals surface area contributed by atoms with E-state index in [0.717, 1.165) is 6.07 Å². The normalized spacial score (nSPS) is 9.30. The van der Waals surface area contributed by atoms with E-state index in [1.807, 2.05) is 12.1 Å². The van der Waals surface area contributed by atoms with E-state index in [0.29, 0.717) is 0 Å². The number of ether oxygens (including phenoxy) is 1. The van der Waals surface area contributed by atoms with E-state index in [4.69, 9.17) is 15.3 Å². The summed E-state index contributed by atoms with van der Waals surface area (Å²) in [5, 5.41) is 28.7. The molecular weight excluding hydrogens is 258 g/mol. The zero-order valence-corrected chi connectivity index (χ0v) is 10.1. The molecular formula is C14H7N3O3. The minimum absolute atomic E-state index is 0.0169. The summed E-state index contributed by atoms with van der Waals surface area (Å²) < 4.78 is 5.42. The molecule has 0 aliphatic heterocycles. The molecule has 2 rings (SSSR count). The van der Waals surface area contributed by atoms with Gasteiger partial charge in [-0.3, -0.25) is 10.1 Å². The molecule has 0 spiro atoms. The first kappa shape index (κ1) is 13.1. The minimum atomic E-state index is -0.634. The zero-order valence-electron chi connectivity index (χ0n) is 10.1. The van der Waals surface area contributed by atoms with E-state index >= 15 is 0 Å². The maximum atomic E-state index is 11.0. The molecule has 0 bridgehead atoms. The number of hydrogen-bond donors (Lipinski definition) is 0. The van der Waals surface area contributed by atoms with Gasteiger partial charge in [0.05, 0.1) is 22.1 Å². The number of rotatable bonds is 3. The number of hydrogen-bond acceptors (Lipinski definition) is 5. The molecule has 96 valence electrons. The van der Waals surface area contributed by atoms with Crippen LogP contribution in [0.4, 0.5) is 5.69 Å². The van der Waals surface area contributed by atoms with Gasteiger partial charge in [0.25, 0.3) is 0 Å². The summed E-state index contributed by atoms with van der Waals surface area (Å²) in [6.07, 6.45) is 0. The predicted octanol–water partition coefficient (Wildman–Crippen LogP) is 3.13. The first-order valence-corrected chi connectivity index (χ1v) is 5.51. The predicted molar refractivity (Wildman–Crippen MR) is 69.0 cm³/mol. The molecule has 0 fully saturated rings. The fourth-order valence-electron chi connectivity index (χ4n) is 1.58. The first-order chi connectivity index (χ1) is 9.65. The molecule has 0 unspecified atom stereocenters. The molecule has 0 saturated heterocycles. The minimum Gasteiger partial charge on any atom is -0.449 e. The van der Waals surface area contributed by atoms with Gasteiger partial charge in [-0.05, 0) is 24.3 Å². The van der Waals surface area contributed by atoms with Crippen molar-refractivity contribution in [1.82, 2.24) is 0 Å². The van der Waals surface area contributed by atoms with Crippen LogP contribution in [0.2, 0.25) is 0 Å². The Morgan fingerprint density at radius 2 is 1.80 bits per heavy atom. The van der Waals surface area contributed by atoms with Crippen molar-refractivity contribution in [2.45, 2.75) is 0 Å². The number of para-hydroxylation sites is 1. The summed E-state index contributed by atoms with van der Waals surface area (Å²) in [6, 6.07) is 14.1. The standard InChI is InChI=1S/C14H7N3O3/c15-8-10-5-6-14(12(7-10)17(18)19)20-13-4-2-1-3-11(13)9-16/h1-7H. The van der Waals surface area contributed by atoms with Crippen LogP contribution < -0.4 is 4.74 Å². The molecule has 0 aliphatic rings. The summed E-state index contributed by atoms with van der Waals surface area (Å²) in [5.74, 6) is 0.208. The van der Waals surface area contributed by atoms with Crippen LogP contribution in [0.5, 0.6) is 11.5 Å². The second kappa shape index (κ2) is 5.51. The van der Waals surface area contributed by atoms with Crippen molar-refractivity contribution in [2.75, 3.05) is 0 Å². The Hall–Kier alpha value is -3.38. The van der Waals surface area contributed by atoms with Crippen molar-refractivity contribution >= 4 is 5.69 Å². The van der Waals surface area contributed by atoms with E-state index in [1.54, 1.807) is 24.3 Å². The second-order valence-corrected chi connectivity index (χ2v) is 3.76. The highest BCUT2D eigenvalue weighted by atomic mass is 16.6. The summed E-state index contributed by atoms with van der Waals surface area (Å²) in [4.78, 5) is 10.4. The molecule has 0 amide bonds. The van der Waals surface area contributed by atoms with Crippen LogP contribution in [0, 0.1) is 32.8 Å². The topological polar surface area (TPSA) is 99.9 Å². The van der Waals surface area contributed by atoms with Crippen molar-refractivity contribution in [3.63, 3.8) is 0 Å². The Kier molecular flexibility index (Phi) is 3.60. The third-order valence-corrected chi connectivity index (χ3v) is 2.51. The smallest absolute Gasteiger partial charge is 0.312 e. The molecule has 0 N–H and O–H groups in total. The van der Waals surface area contributed by atoms with Crippen LogP contribution in [0.25, 0.3) is 0 Å². The number of nitrogens with zero attached hydrogens (tertiary/aromatic N) is 3. The third kappa shape index (κ3) is 2.55. The summed E-state index contributed by atoms with van der Waals surface area (Å²) in [5.41, 5.74) is 0.112. The van der Waals surface area contributed by atoms with E-state index in [1.165, 1.54) is 12.1 Å². The Labute approximate surface area is 114 Å². The average Bonchev–Trinajstić information content (AvgIpc) is 2.48. The van der Waals surface area contributed by atoms with Gasteiger partial charge >= 0.3 is 5.69 Å². The summed E-state index contributed by atoms with van der Waals surface area (Å²) in [7, 11) is 0. The lowest BCUT2D eigenvalue weighted by Gasteiger charge is -2.07. The van der Waals surface area contributed by atoms with E-state index in [2.05, 4.69) is 0 Å². The van der Waals surface area contributed by atoms with Crippen LogP contribution in [-0.2, 0) is 0 Å². The van der Waals surface area contributed by atoms with Gasteiger partial charge < -0.3 is 4.74 Å². The summed E-state index contributed by atoms with van der Waals surface area (Å²) in [6.45, 7) is 0. The highest BCUT2D eigenvalue weighted by Crippen LogP contribution is 2.33. The molecule has 0 atom stereocenters. The quantitative estimate of drug-likeness (QED) is 0.626. The second-order valence-electron chi connectivity index (χ2n) is 3.76. The highest BCUT2D eigenvalue weighted by molar-refractivity contribution is 5.54. The fourth-order valence-corrected chi connectivity index (χ4v) is 1.58. The molecule has 0 aliphatic carbocycles. The number of benzene rings is 2. The molecule has 6 heteroatoms. The molecule has 6 nitrogen and oxygen atoms in total. The maximum Gasteiger partial charge on any atom is 0.312 e. The Morgan fingerprint density at radius 1 is 1.05 bits per heavy atom. The summed E-state index contributed by atoms with van der Waals surface area (Å²) >= 11 is 0. The largest absolute Gasteiger partial charge is 0.449 e. The van der Waals surface area contributed by atoms with Crippen LogP contribution in [0.1, 0.15) is 11.1 Å². The van der Waals surface area contributed by atoms with Gasteiger partial charge in [-0.1, -0.05) is 12.1 Å². The van der Waals surface area contributed by atoms with Gasteiger partial charge in [-0.15, -0.1) is 0 Å². The van der Waals surface area contributed by atoms with E-state index < -0.39 is 4.92 Å². The number of nitriles is 2. The number of nitro groups is 1. The van der Waals surface area contributed by atoms with E-state index in [-0.39, 0.29) is 28.3 Å². The van der Waals surface area contributed by atoms with Gasteiger partial charge in [0, 0.05) is 6.07 Å². The average molecular weight is 265 g/mol. The Balaban J connectivity index is 2.47. The van der Waals surface area contributed by atoms with Crippen molar-refractivity contribution in [3.05, 3.63) is 63.7 Å². The van der Waals surface area contributed by atoms with Gasteiger partial charge in [-0.2, -0.15) is 10.5 Å². The Bertz CT molecular complexity index is 757. The van der Waals surface area contributed by atoms with Crippen LogP contribution in [0.3, 0.4) is 0 Å². The molecule has 0 radical (unpaired) electrons.